The lowest BCUT2D eigenvalue weighted by molar-refractivity contribution is 0.0701. The first-order chi connectivity index (χ1) is 17.0. The van der Waals surface area contributed by atoms with Crippen LogP contribution in [0, 0.1) is 0 Å². The molecule has 1 N–H and O–H groups in total. The lowest BCUT2D eigenvalue weighted by Crippen LogP contribution is -2.45. The van der Waals surface area contributed by atoms with Crippen molar-refractivity contribution in [1.82, 2.24) is 24.4 Å². The van der Waals surface area contributed by atoms with Gasteiger partial charge in [-0.05, 0) is 61.6 Å². The van der Waals surface area contributed by atoms with Gasteiger partial charge in [0.1, 0.15) is 0 Å². The minimum Gasteiger partial charge on any atom is -0.374 e. The Bertz CT molecular complexity index is 893. The molecule has 2 heterocycles. The molecule has 2 rings (SSSR count). The molecule has 2 aromatic heterocycles. The first-order valence-electron chi connectivity index (χ1n) is 12.1. The predicted octanol–water partition coefficient (Wildman–Crippen LogP) is 5.10. The van der Waals surface area contributed by atoms with Crippen LogP contribution in [-0.4, -0.2) is 66.2 Å². The van der Waals surface area contributed by atoms with Crippen LogP contribution in [0.15, 0.2) is 35.1 Å². The molecule has 0 aromatic carbocycles. The molecule has 0 atom stereocenters. The van der Waals surface area contributed by atoms with Crippen molar-refractivity contribution < 1.29 is 22.9 Å². The number of imidazole rings is 2. The lowest BCUT2D eigenvalue weighted by Gasteiger charge is -2.28. The molecule has 0 radical (unpaired) electrons. The summed E-state index contributed by atoms with van der Waals surface area (Å²) in [5, 5.41) is 3.94. The van der Waals surface area contributed by atoms with E-state index >= 15 is 0 Å². The Balaban J connectivity index is 1.88. The predicted molar refractivity (Wildman–Crippen MR) is 140 cm³/mol. The summed E-state index contributed by atoms with van der Waals surface area (Å²) >= 11 is 0. The van der Waals surface area contributed by atoms with Gasteiger partial charge in [0.2, 0.25) is 5.91 Å². The van der Waals surface area contributed by atoms with Crippen LogP contribution in [0.4, 0.5) is 4.79 Å². The van der Waals surface area contributed by atoms with E-state index in [0.717, 1.165) is 19.3 Å². The van der Waals surface area contributed by atoms with Gasteiger partial charge in [-0.3, -0.25) is 9.36 Å². The summed E-state index contributed by atoms with van der Waals surface area (Å²) in [7, 11) is -0.113. The second-order valence-electron chi connectivity index (χ2n) is 7.49. The fourth-order valence-corrected chi connectivity index (χ4v) is 8.02. The fraction of sp³-hybridized carbons (Fsp3) is 0.636. The third kappa shape index (κ3) is 9.39. The smallest absolute Gasteiger partial charge is 0.374 e. The van der Waals surface area contributed by atoms with Gasteiger partial charge in [-0.25, -0.2) is 19.3 Å². The quantitative estimate of drug-likeness (QED) is 0.166. The number of hydrogen-bond donors (Lipinski definition) is 1. The molecule has 0 bridgehead atoms. The third-order valence-corrected chi connectivity index (χ3v) is 10.2. The Morgan fingerprint density at radius 3 is 2.03 bits per heavy atom. The molecule has 0 aliphatic rings. The van der Waals surface area contributed by atoms with E-state index in [1.807, 2.05) is 20.8 Å². The van der Waals surface area contributed by atoms with E-state index in [0.29, 0.717) is 55.6 Å². The Kier molecular flexibility index (Phi) is 13.7. The molecule has 0 saturated heterocycles. The summed E-state index contributed by atoms with van der Waals surface area (Å²) in [6.45, 7) is 10.1. The van der Waals surface area contributed by atoms with Crippen LogP contribution in [0.25, 0.3) is 0 Å². The van der Waals surface area contributed by atoms with Crippen molar-refractivity contribution in [3.63, 3.8) is 0 Å². The van der Waals surface area contributed by atoms with Crippen molar-refractivity contribution in [2.75, 3.05) is 26.4 Å². The van der Waals surface area contributed by atoms with Crippen LogP contribution in [0.5, 0.6) is 0 Å². The highest BCUT2D eigenvalue weighted by Gasteiger charge is 2.39. The van der Waals surface area contributed by atoms with Crippen LogP contribution in [0.1, 0.15) is 64.6 Å². The SMILES string of the molecule is CCCCNC(=O)n1ccnc1SSc1nccn1C(=O)CCCC[Si](OCC)(OCC)OCC. The van der Waals surface area contributed by atoms with Gasteiger partial charge in [-0.1, -0.05) is 13.3 Å². The molecule has 1 amide bonds. The molecule has 0 spiro atoms. The first-order valence-corrected chi connectivity index (χ1v) is 16.2. The minimum absolute atomic E-state index is 0.0391. The molecule has 10 nitrogen and oxygen atoms in total. The van der Waals surface area contributed by atoms with Gasteiger partial charge in [-0.15, -0.1) is 0 Å². The summed E-state index contributed by atoms with van der Waals surface area (Å²) in [4.78, 5) is 33.8. The van der Waals surface area contributed by atoms with Crippen LogP contribution >= 0.6 is 21.6 Å². The average molecular weight is 544 g/mol. The van der Waals surface area contributed by atoms with E-state index in [2.05, 4.69) is 22.2 Å². The van der Waals surface area contributed by atoms with E-state index in [-0.39, 0.29) is 11.9 Å². The maximum absolute atomic E-state index is 12.8. The number of unbranched alkanes of at least 4 members (excludes halogenated alkanes) is 2. The number of carbonyl (C=O) groups excluding carboxylic acids is 2. The normalized spacial score (nSPS) is 11.7. The number of aromatic nitrogens is 4. The maximum atomic E-state index is 12.8. The molecule has 196 valence electrons. The second-order valence-corrected chi connectivity index (χ2v) is 12.3. The summed E-state index contributed by atoms with van der Waals surface area (Å²) in [5.41, 5.74) is 0. The molecular weight excluding hydrogens is 506 g/mol. The van der Waals surface area contributed by atoms with Gasteiger partial charge in [0, 0.05) is 63.6 Å². The zero-order chi connectivity index (χ0) is 25.5. The summed E-state index contributed by atoms with van der Waals surface area (Å²) in [5.74, 6) is -0.0391. The van der Waals surface area contributed by atoms with E-state index in [1.165, 1.54) is 26.2 Å². The zero-order valence-electron chi connectivity index (χ0n) is 21.0. The van der Waals surface area contributed by atoms with E-state index in [9.17, 15) is 9.59 Å². The Hall–Kier alpha value is -1.64. The van der Waals surface area contributed by atoms with Crippen LogP contribution in [-0.2, 0) is 13.3 Å². The van der Waals surface area contributed by atoms with Gasteiger partial charge < -0.3 is 18.6 Å². The number of nitrogens with one attached hydrogen (secondary N) is 1. The molecule has 0 aliphatic carbocycles. The van der Waals surface area contributed by atoms with Crippen molar-refractivity contribution in [2.45, 2.75) is 76.2 Å². The summed E-state index contributed by atoms with van der Waals surface area (Å²) in [6.07, 6.45) is 10.2. The van der Waals surface area contributed by atoms with Crippen LogP contribution in [0.2, 0.25) is 6.04 Å². The standard InChI is InChI=1S/C22H37N5O5S2Si/c1-5-9-13-23-20(29)27-17-15-25-22(27)34-33-21-24-14-16-26(21)19(28)12-10-11-18-35(30-6-2,31-7-3)32-8-4/h14-17H,5-13,18H2,1-4H3,(H,23,29). The van der Waals surface area contributed by atoms with E-state index in [1.54, 1.807) is 29.4 Å². The Labute approximate surface area is 216 Å². The first kappa shape index (κ1) is 29.6. The van der Waals surface area contributed by atoms with Gasteiger partial charge in [0.15, 0.2) is 10.3 Å². The van der Waals surface area contributed by atoms with E-state index < -0.39 is 8.80 Å². The molecule has 35 heavy (non-hydrogen) atoms. The topological polar surface area (TPSA) is 110 Å². The van der Waals surface area contributed by atoms with Gasteiger partial charge in [-0.2, -0.15) is 0 Å². The molecule has 0 unspecified atom stereocenters. The van der Waals surface area contributed by atoms with Gasteiger partial charge in [0.25, 0.3) is 0 Å². The highest BCUT2D eigenvalue weighted by Crippen LogP contribution is 2.35. The van der Waals surface area contributed by atoms with Crippen molar-refractivity contribution in [3.8, 4) is 0 Å². The second kappa shape index (κ2) is 16.2. The number of carbonyl (C=O) groups is 2. The molecular formula is C22H37N5O5S2Si. The lowest BCUT2D eigenvalue weighted by atomic mass is 10.2. The minimum atomic E-state index is -2.69. The monoisotopic (exact) mass is 543 g/mol. The molecule has 0 saturated carbocycles. The highest BCUT2D eigenvalue weighted by molar-refractivity contribution is 8.76. The van der Waals surface area contributed by atoms with E-state index in [4.69, 9.17) is 13.3 Å². The van der Waals surface area contributed by atoms with Crippen molar-refractivity contribution in [3.05, 3.63) is 24.8 Å². The van der Waals surface area contributed by atoms with Gasteiger partial charge >= 0.3 is 14.8 Å². The maximum Gasteiger partial charge on any atom is 0.500 e. The van der Waals surface area contributed by atoms with Crippen molar-refractivity contribution in [2.24, 2.45) is 0 Å². The van der Waals surface area contributed by atoms with Gasteiger partial charge in [0.05, 0.1) is 0 Å². The number of rotatable bonds is 17. The summed E-state index contributed by atoms with van der Waals surface area (Å²) < 4.78 is 20.7. The van der Waals surface area contributed by atoms with Crippen molar-refractivity contribution >= 4 is 42.3 Å². The highest BCUT2D eigenvalue weighted by atomic mass is 33.1. The third-order valence-electron chi connectivity index (χ3n) is 4.91. The molecule has 0 fully saturated rings. The molecule has 2 aromatic rings. The van der Waals surface area contributed by atoms with Crippen LogP contribution < -0.4 is 5.32 Å². The number of hydrogen-bond acceptors (Lipinski definition) is 9. The van der Waals surface area contributed by atoms with Crippen molar-refractivity contribution in [1.29, 1.82) is 0 Å². The molecule has 0 aliphatic heterocycles. The summed E-state index contributed by atoms with van der Waals surface area (Å²) in [6, 6.07) is 0.462. The zero-order valence-corrected chi connectivity index (χ0v) is 23.7. The largest absolute Gasteiger partial charge is 0.500 e. The Morgan fingerprint density at radius 1 is 0.886 bits per heavy atom. The van der Waals surface area contributed by atoms with Crippen LogP contribution in [0.3, 0.4) is 0 Å². The average Bonchev–Trinajstić information content (AvgIpc) is 3.50. The Morgan fingerprint density at radius 2 is 1.46 bits per heavy atom. The fourth-order valence-electron chi connectivity index (χ4n) is 3.32. The molecule has 13 heteroatoms. The number of amides is 1. The number of nitrogens with zero attached hydrogens (tertiary/aromatic N) is 4.